The molecule has 0 unspecified atom stereocenters. The maximum absolute atomic E-state index is 6.20. The van der Waals surface area contributed by atoms with Gasteiger partial charge in [-0.2, -0.15) is 0 Å². The SMILES string of the molecule is Cc1cc(Br)ccc1N1CCN(CC2(N)CC2)CC1. The Morgan fingerprint density at radius 3 is 2.47 bits per heavy atom. The van der Waals surface area contributed by atoms with Gasteiger partial charge in [0.15, 0.2) is 0 Å². The Hall–Kier alpha value is -0.580. The Balaban J connectivity index is 1.60. The molecule has 3 nitrogen and oxygen atoms in total. The van der Waals surface area contributed by atoms with E-state index in [2.05, 4.69) is 50.9 Å². The van der Waals surface area contributed by atoms with Crippen LogP contribution in [0, 0.1) is 6.92 Å². The molecule has 1 aliphatic carbocycles. The standard InChI is InChI=1S/C15H22BrN3/c1-12-10-13(16)2-3-14(12)19-8-6-18(7-9-19)11-15(17)4-5-15/h2-3,10H,4-9,11,17H2,1H3. The van der Waals surface area contributed by atoms with Gasteiger partial charge in [0, 0.05) is 48.4 Å². The number of aryl methyl sites for hydroxylation is 1. The Morgan fingerprint density at radius 1 is 1.21 bits per heavy atom. The van der Waals surface area contributed by atoms with Crippen LogP contribution in [-0.2, 0) is 0 Å². The predicted octanol–water partition coefficient (Wildman–Crippen LogP) is 2.37. The first-order valence-corrected chi connectivity index (χ1v) is 7.87. The summed E-state index contributed by atoms with van der Waals surface area (Å²) >= 11 is 3.53. The number of hydrogen-bond donors (Lipinski definition) is 1. The van der Waals surface area contributed by atoms with Crippen LogP contribution in [0.3, 0.4) is 0 Å². The highest BCUT2D eigenvalue weighted by molar-refractivity contribution is 9.10. The summed E-state index contributed by atoms with van der Waals surface area (Å²) in [7, 11) is 0. The molecule has 1 aromatic carbocycles. The fourth-order valence-electron chi connectivity index (χ4n) is 2.88. The van der Waals surface area contributed by atoms with Gasteiger partial charge >= 0.3 is 0 Å². The van der Waals surface area contributed by atoms with Gasteiger partial charge < -0.3 is 10.6 Å². The number of piperazine rings is 1. The number of benzene rings is 1. The molecule has 2 aliphatic rings. The normalized spacial score (nSPS) is 22.6. The number of rotatable bonds is 3. The molecular weight excluding hydrogens is 302 g/mol. The van der Waals surface area contributed by atoms with Crippen molar-refractivity contribution < 1.29 is 0 Å². The Kier molecular flexibility index (Phi) is 3.58. The summed E-state index contributed by atoms with van der Waals surface area (Å²) < 4.78 is 1.16. The van der Waals surface area contributed by atoms with Crippen molar-refractivity contribution in [1.82, 2.24) is 4.90 Å². The summed E-state index contributed by atoms with van der Waals surface area (Å²) in [4.78, 5) is 5.02. The lowest BCUT2D eigenvalue weighted by atomic mass is 10.1. The molecule has 0 spiro atoms. The smallest absolute Gasteiger partial charge is 0.0397 e. The monoisotopic (exact) mass is 323 g/mol. The van der Waals surface area contributed by atoms with Gasteiger partial charge in [-0.25, -0.2) is 0 Å². The lowest BCUT2D eigenvalue weighted by molar-refractivity contribution is 0.236. The van der Waals surface area contributed by atoms with E-state index in [-0.39, 0.29) is 5.54 Å². The van der Waals surface area contributed by atoms with Crippen LogP contribution in [0.2, 0.25) is 0 Å². The van der Waals surface area contributed by atoms with E-state index in [0.717, 1.165) is 37.2 Å². The second kappa shape index (κ2) is 5.08. The van der Waals surface area contributed by atoms with Crippen LogP contribution in [-0.4, -0.2) is 43.2 Å². The van der Waals surface area contributed by atoms with E-state index in [4.69, 9.17) is 5.73 Å². The maximum atomic E-state index is 6.20. The van der Waals surface area contributed by atoms with Gasteiger partial charge in [-0.15, -0.1) is 0 Å². The third kappa shape index (κ3) is 3.12. The fourth-order valence-corrected chi connectivity index (χ4v) is 3.36. The summed E-state index contributed by atoms with van der Waals surface area (Å²) in [6.07, 6.45) is 2.41. The van der Waals surface area contributed by atoms with Crippen LogP contribution in [0.4, 0.5) is 5.69 Å². The van der Waals surface area contributed by atoms with E-state index < -0.39 is 0 Å². The van der Waals surface area contributed by atoms with Crippen LogP contribution >= 0.6 is 15.9 Å². The molecule has 104 valence electrons. The van der Waals surface area contributed by atoms with E-state index in [1.807, 2.05) is 0 Å². The molecular formula is C15H22BrN3. The quantitative estimate of drug-likeness (QED) is 0.926. The van der Waals surface area contributed by atoms with Crippen molar-refractivity contribution in [2.75, 3.05) is 37.6 Å². The third-order valence-corrected chi connectivity index (χ3v) is 4.80. The molecule has 2 N–H and O–H groups in total. The number of anilines is 1. The lowest BCUT2D eigenvalue weighted by Gasteiger charge is -2.37. The highest BCUT2D eigenvalue weighted by atomic mass is 79.9. The van der Waals surface area contributed by atoms with E-state index in [1.54, 1.807) is 0 Å². The van der Waals surface area contributed by atoms with Gasteiger partial charge in [-0.3, -0.25) is 4.90 Å². The van der Waals surface area contributed by atoms with Gasteiger partial charge in [0.25, 0.3) is 0 Å². The first kappa shape index (κ1) is 13.4. The van der Waals surface area contributed by atoms with Crippen LogP contribution in [0.15, 0.2) is 22.7 Å². The van der Waals surface area contributed by atoms with Crippen LogP contribution in [0.25, 0.3) is 0 Å². The molecule has 4 heteroatoms. The number of hydrogen-bond acceptors (Lipinski definition) is 3. The molecule has 1 aliphatic heterocycles. The molecule has 2 fully saturated rings. The summed E-state index contributed by atoms with van der Waals surface area (Å²) in [5.74, 6) is 0. The Bertz CT molecular complexity index is 462. The Labute approximate surface area is 123 Å². The van der Waals surface area contributed by atoms with Crippen molar-refractivity contribution >= 4 is 21.6 Å². The fraction of sp³-hybridized carbons (Fsp3) is 0.600. The molecule has 0 atom stereocenters. The zero-order chi connectivity index (χ0) is 13.5. The van der Waals surface area contributed by atoms with E-state index in [1.165, 1.54) is 24.1 Å². The predicted molar refractivity (Wildman–Crippen MR) is 83.7 cm³/mol. The zero-order valence-electron chi connectivity index (χ0n) is 11.5. The van der Waals surface area contributed by atoms with Crippen LogP contribution in [0.1, 0.15) is 18.4 Å². The van der Waals surface area contributed by atoms with Gasteiger partial charge in [-0.1, -0.05) is 15.9 Å². The highest BCUT2D eigenvalue weighted by Gasteiger charge is 2.40. The maximum Gasteiger partial charge on any atom is 0.0397 e. The average Bonchev–Trinajstić information content (AvgIpc) is 3.08. The van der Waals surface area contributed by atoms with E-state index in [0.29, 0.717) is 0 Å². The minimum Gasteiger partial charge on any atom is -0.369 e. The zero-order valence-corrected chi connectivity index (χ0v) is 13.1. The number of nitrogens with two attached hydrogens (primary N) is 1. The number of nitrogens with zero attached hydrogens (tertiary/aromatic N) is 2. The first-order chi connectivity index (χ1) is 9.06. The minimum absolute atomic E-state index is 0.149. The second-order valence-corrected chi connectivity index (χ2v) is 6.97. The van der Waals surface area contributed by atoms with Crippen molar-refractivity contribution in [1.29, 1.82) is 0 Å². The highest BCUT2D eigenvalue weighted by Crippen LogP contribution is 2.33. The topological polar surface area (TPSA) is 32.5 Å². The molecule has 0 aromatic heterocycles. The lowest BCUT2D eigenvalue weighted by Crippen LogP contribution is -2.50. The van der Waals surface area contributed by atoms with Gasteiger partial charge in [0.2, 0.25) is 0 Å². The van der Waals surface area contributed by atoms with Crippen molar-refractivity contribution in [2.45, 2.75) is 25.3 Å². The van der Waals surface area contributed by atoms with Gasteiger partial charge in [-0.05, 0) is 43.5 Å². The van der Waals surface area contributed by atoms with E-state index >= 15 is 0 Å². The molecule has 1 heterocycles. The summed E-state index contributed by atoms with van der Waals surface area (Å²) in [6, 6.07) is 6.55. The molecule has 0 bridgehead atoms. The second-order valence-electron chi connectivity index (χ2n) is 6.06. The third-order valence-electron chi connectivity index (χ3n) is 4.30. The minimum atomic E-state index is 0.149. The Morgan fingerprint density at radius 2 is 1.89 bits per heavy atom. The molecule has 1 saturated heterocycles. The average molecular weight is 324 g/mol. The van der Waals surface area contributed by atoms with Crippen LogP contribution in [0.5, 0.6) is 0 Å². The van der Waals surface area contributed by atoms with Crippen molar-refractivity contribution in [3.05, 3.63) is 28.2 Å². The summed E-state index contributed by atoms with van der Waals surface area (Å²) in [6.45, 7) is 7.76. The summed E-state index contributed by atoms with van der Waals surface area (Å²) in [5.41, 5.74) is 9.07. The first-order valence-electron chi connectivity index (χ1n) is 7.08. The molecule has 0 radical (unpaired) electrons. The van der Waals surface area contributed by atoms with Crippen LogP contribution < -0.4 is 10.6 Å². The molecule has 0 amide bonds. The molecule has 1 saturated carbocycles. The van der Waals surface area contributed by atoms with E-state index in [9.17, 15) is 0 Å². The molecule has 19 heavy (non-hydrogen) atoms. The van der Waals surface area contributed by atoms with Crippen molar-refractivity contribution in [2.24, 2.45) is 5.73 Å². The summed E-state index contributed by atoms with van der Waals surface area (Å²) in [5, 5.41) is 0. The largest absolute Gasteiger partial charge is 0.369 e. The molecule has 1 aromatic rings. The van der Waals surface area contributed by atoms with Gasteiger partial charge in [0.1, 0.15) is 0 Å². The van der Waals surface area contributed by atoms with Crippen molar-refractivity contribution in [3.8, 4) is 0 Å². The van der Waals surface area contributed by atoms with Gasteiger partial charge in [0.05, 0.1) is 0 Å². The number of halogens is 1. The molecule has 3 rings (SSSR count). The van der Waals surface area contributed by atoms with Crippen molar-refractivity contribution in [3.63, 3.8) is 0 Å².